The van der Waals surface area contributed by atoms with Gasteiger partial charge in [-0.05, 0) is 24.0 Å². The van der Waals surface area contributed by atoms with Gasteiger partial charge in [-0.1, -0.05) is 32.4 Å². The monoisotopic (exact) mass is 240 g/mol. The second kappa shape index (κ2) is 5.30. The van der Waals surface area contributed by atoms with Gasteiger partial charge in [0.15, 0.2) is 0 Å². The van der Waals surface area contributed by atoms with Gasteiger partial charge in [0.25, 0.3) is 5.91 Å². The van der Waals surface area contributed by atoms with E-state index in [9.17, 15) is 4.79 Å². The Balaban J connectivity index is 2.56. The van der Waals surface area contributed by atoms with E-state index in [1.165, 1.54) is 6.20 Å². The van der Waals surface area contributed by atoms with E-state index in [0.29, 0.717) is 17.3 Å². The van der Waals surface area contributed by atoms with E-state index in [-0.39, 0.29) is 11.3 Å². The minimum atomic E-state index is -0.106. The molecule has 0 atom stereocenters. The molecule has 1 heterocycles. The number of carbonyl (C=O) groups excluding carboxylic acids is 1. The number of nitrogens with one attached hydrogen (secondary N) is 1. The molecule has 0 aliphatic carbocycles. The number of pyridine rings is 1. The van der Waals surface area contributed by atoms with E-state index in [0.717, 1.165) is 6.42 Å². The van der Waals surface area contributed by atoms with E-state index in [4.69, 9.17) is 11.6 Å². The van der Waals surface area contributed by atoms with Crippen molar-refractivity contribution >= 4 is 17.5 Å². The summed E-state index contributed by atoms with van der Waals surface area (Å²) in [5.74, 6) is -0.106. The van der Waals surface area contributed by atoms with Crippen molar-refractivity contribution < 1.29 is 4.79 Å². The average molecular weight is 241 g/mol. The van der Waals surface area contributed by atoms with Crippen LogP contribution in [0.2, 0.25) is 5.15 Å². The van der Waals surface area contributed by atoms with Crippen LogP contribution in [0.15, 0.2) is 18.3 Å². The predicted octanol–water partition coefficient (Wildman–Crippen LogP) is 2.90. The van der Waals surface area contributed by atoms with Gasteiger partial charge >= 0.3 is 0 Å². The minimum Gasteiger partial charge on any atom is -0.351 e. The molecular formula is C12H17ClN2O. The summed E-state index contributed by atoms with van der Waals surface area (Å²) in [6.45, 7) is 7.00. The van der Waals surface area contributed by atoms with Gasteiger partial charge in [-0.3, -0.25) is 4.79 Å². The van der Waals surface area contributed by atoms with Crippen molar-refractivity contribution in [2.75, 3.05) is 6.54 Å². The Kier molecular flexibility index (Phi) is 4.30. The molecule has 0 saturated carbocycles. The van der Waals surface area contributed by atoms with Crippen LogP contribution in [-0.4, -0.2) is 17.4 Å². The van der Waals surface area contributed by atoms with Crippen LogP contribution in [0.5, 0.6) is 0 Å². The fourth-order valence-corrected chi connectivity index (χ4v) is 1.17. The quantitative estimate of drug-likeness (QED) is 0.823. The molecule has 88 valence electrons. The predicted molar refractivity (Wildman–Crippen MR) is 65.7 cm³/mol. The molecule has 0 aromatic carbocycles. The molecule has 1 amide bonds. The molecule has 4 heteroatoms. The van der Waals surface area contributed by atoms with Gasteiger partial charge in [0, 0.05) is 12.7 Å². The van der Waals surface area contributed by atoms with Gasteiger partial charge in [-0.25, -0.2) is 4.98 Å². The fourth-order valence-electron chi connectivity index (χ4n) is 1.06. The van der Waals surface area contributed by atoms with Crippen LogP contribution >= 0.6 is 11.6 Å². The van der Waals surface area contributed by atoms with Crippen LogP contribution in [0, 0.1) is 5.41 Å². The van der Waals surface area contributed by atoms with E-state index in [2.05, 4.69) is 31.1 Å². The molecule has 0 saturated heterocycles. The van der Waals surface area contributed by atoms with Crippen LogP contribution in [0.4, 0.5) is 0 Å². The van der Waals surface area contributed by atoms with E-state index in [1.807, 2.05) is 0 Å². The molecule has 0 spiro atoms. The lowest BCUT2D eigenvalue weighted by Gasteiger charge is -2.22. The normalized spacial score (nSPS) is 11.2. The van der Waals surface area contributed by atoms with E-state index in [1.54, 1.807) is 12.1 Å². The Morgan fingerprint density at radius 2 is 2.19 bits per heavy atom. The number of hydrogen-bond acceptors (Lipinski definition) is 2. The molecule has 0 radical (unpaired) electrons. The first-order valence-corrected chi connectivity index (χ1v) is 5.72. The summed E-state index contributed by atoms with van der Waals surface area (Å²) < 4.78 is 0. The van der Waals surface area contributed by atoms with Crippen molar-refractivity contribution in [1.82, 2.24) is 10.3 Å². The molecule has 0 aliphatic heterocycles. The standard InChI is InChI=1S/C12H17ClN2O/c1-4-12(2,3)8-15-11(16)9-5-6-10(13)14-7-9/h5-7H,4,8H2,1-3H3,(H,15,16). The summed E-state index contributed by atoms with van der Waals surface area (Å²) in [7, 11) is 0. The number of carbonyl (C=O) groups is 1. The smallest absolute Gasteiger partial charge is 0.252 e. The van der Waals surface area contributed by atoms with Crippen LogP contribution in [0.1, 0.15) is 37.6 Å². The van der Waals surface area contributed by atoms with Crippen LogP contribution in [0.3, 0.4) is 0 Å². The second-order valence-electron chi connectivity index (χ2n) is 4.57. The van der Waals surface area contributed by atoms with Gasteiger partial charge < -0.3 is 5.32 Å². The second-order valence-corrected chi connectivity index (χ2v) is 4.96. The van der Waals surface area contributed by atoms with Gasteiger partial charge in [0.2, 0.25) is 0 Å². The molecule has 1 N–H and O–H groups in total. The number of aromatic nitrogens is 1. The molecule has 16 heavy (non-hydrogen) atoms. The Hall–Kier alpha value is -1.09. The number of hydrogen-bond donors (Lipinski definition) is 1. The molecular weight excluding hydrogens is 224 g/mol. The van der Waals surface area contributed by atoms with Crippen molar-refractivity contribution in [3.05, 3.63) is 29.0 Å². The molecule has 0 unspecified atom stereocenters. The van der Waals surface area contributed by atoms with Crippen molar-refractivity contribution in [1.29, 1.82) is 0 Å². The largest absolute Gasteiger partial charge is 0.351 e. The average Bonchev–Trinajstić information content (AvgIpc) is 2.27. The molecule has 1 rings (SSSR count). The maximum absolute atomic E-state index is 11.7. The Morgan fingerprint density at radius 3 is 2.69 bits per heavy atom. The number of amides is 1. The Morgan fingerprint density at radius 1 is 1.50 bits per heavy atom. The highest BCUT2D eigenvalue weighted by Gasteiger charge is 2.16. The molecule has 0 fully saturated rings. The third-order valence-electron chi connectivity index (χ3n) is 2.67. The van der Waals surface area contributed by atoms with Crippen molar-refractivity contribution in [2.24, 2.45) is 5.41 Å². The molecule has 1 aromatic rings. The van der Waals surface area contributed by atoms with Gasteiger partial charge in [-0.2, -0.15) is 0 Å². The third kappa shape index (κ3) is 3.81. The minimum absolute atomic E-state index is 0.106. The SMILES string of the molecule is CCC(C)(C)CNC(=O)c1ccc(Cl)nc1. The summed E-state index contributed by atoms with van der Waals surface area (Å²) in [5, 5.41) is 3.28. The maximum atomic E-state index is 11.7. The lowest BCUT2D eigenvalue weighted by Crippen LogP contribution is -2.33. The van der Waals surface area contributed by atoms with Crippen LogP contribution < -0.4 is 5.32 Å². The summed E-state index contributed by atoms with van der Waals surface area (Å²) in [4.78, 5) is 15.6. The molecule has 0 bridgehead atoms. The summed E-state index contributed by atoms with van der Waals surface area (Å²) in [6.07, 6.45) is 2.50. The highest BCUT2D eigenvalue weighted by Crippen LogP contribution is 2.17. The van der Waals surface area contributed by atoms with Crippen LogP contribution in [-0.2, 0) is 0 Å². The van der Waals surface area contributed by atoms with E-state index < -0.39 is 0 Å². The Bertz CT molecular complexity index is 360. The third-order valence-corrected chi connectivity index (χ3v) is 2.90. The number of rotatable bonds is 4. The highest BCUT2D eigenvalue weighted by atomic mass is 35.5. The molecule has 3 nitrogen and oxygen atoms in total. The number of nitrogens with zero attached hydrogens (tertiary/aromatic N) is 1. The van der Waals surface area contributed by atoms with Gasteiger partial charge in [0.05, 0.1) is 5.56 Å². The molecule has 1 aromatic heterocycles. The van der Waals surface area contributed by atoms with Gasteiger partial charge in [-0.15, -0.1) is 0 Å². The summed E-state index contributed by atoms with van der Waals surface area (Å²) in [5.41, 5.74) is 0.659. The zero-order valence-electron chi connectivity index (χ0n) is 9.88. The molecule has 0 aliphatic rings. The first kappa shape index (κ1) is 13.0. The summed E-state index contributed by atoms with van der Waals surface area (Å²) in [6, 6.07) is 3.28. The zero-order chi connectivity index (χ0) is 12.2. The Labute approximate surface area is 101 Å². The van der Waals surface area contributed by atoms with Crippen molar-refractivity contribution in [2.45, 2.75) is 27.2 Å². The fraction of sp³-hybridized carbons (Fsp3) is 0.500. The first-order chi connectivity index (χ1) is 7.44. The first-order valence-electron chi connectivity index (χ1n) is 5.34. The van der Waals surface area contributed by atoms with Crippen molar-refractivity contribution in [3.8, 4) is 0 Å². The van der Waals surface area contributed by atoms with E-state index >= 15 is 0 Å². The zero-order valence-corrected chi connectivity index (χ0v) is 10.6. The van der Waals surface area contributed by atoms with Crippen LogP contribution in [0.25, 0.3) is 0 Å². The van der Waals surface area contributed by atoms with Crippen molar-refractivity contribution in [3.63, 3.8) is 0 Å². The number of halogens is 1. The lowest BCUT2D eigenvalue weighted by molar-refractivity contribution is 0.0935. The lowest BCUT2D eigenvalue weighted by atomic mass is 9.90. The summed E-state index contributed by atoms with van der Waals surface area (Å²) >= 11 is 5.65. The van der Waals surface area contributed by atoms with Gasteiger partial charge in [0.1, 0.15) is 5.15 Å². The highest BCUT2D eigenvalue weighted by molar-refractivity contribution is 6.29. The maximum Gasteiger partial charge on any atom is 0.252 e. The topological polar surface area (TPSA) is 42.0 Å².